The van der Waals surface area contributed by atoms with Crippen LogP contribution < -0.4 is 15.4 Å². The van der Waals surface area contributed by atoms with Crippen LogP contribution in [0.25, 0.3) is 0 Å². The maximum Gasteiger partial charge on any atom is 0.262 e. The van der Waals surface area contributed by atoms with E-state index < -0.39 is 0 Å². The molecule has 6 heteroatoms. The highest BCUT2D eigenvalue weighted by molar-refractivity contribution is 9.10. The Morgan fingerprint density at radius 1 is 1.00 bits per heavy atom. The normalized spacial score (nSPS) is 14.7. The monoisotopic (exact) mass is 486 g/mol. The van der Waals surface area contributed by atoms with Crippen LogP contribution in [0.3, 0.4) is 0 Å². The summed E-state index contributed by atoms with van der Waals surface area (Å²) in [6.45, 7) is 6.22. The smallest absolute Gasteiger partial charge is 0.262 e. The van der Waals surface area contributed by atoms with Crippen molar-refractivity contribution in [2.75, 3.05) is 17.2 Å². The summed E-state index contributed by atoms with van der Waals surface area (Å²) in [5.74, 6) is 0.595. The van der Waals surface area contributed by atoms with Crippen molar-refractivity contribution < 1.29 is 14.3 Å². The Hall–Kier alpha value is -2.34. The van der Waals surface area contributed by atoms with E-state index in [2.05, 4.69) is 47.3 Å². The predicted octanol–water partition coefficient (Wildman–Crippen LogP) is 6.28. The average Bonchev–Trinajstić information content (AvgIpc) is 2.73. The number of amides is 2. The second-order valence-corrected chi connectivity index (χ2v) is 10.0. The van der Waals surface area contributed by atoms with E-state index >= 15 is 0 Å². The zero-order valence-corrected chi connectivity index (χ0v) is 20.1. The Labute approximate surface area is 193 Å². The summed E-state index contributed by atoms with van der Waals surface area (Å²) in [6, 6.07) is 13.0. The Kier molecular flexibility index (Phi) is 7.76. The second-order valence-electron chi connectivity index (χ2n) is 9.13. The highest BCUT2D eigenvalue weighted by Crippen LogP contribution is 2.33. The van der Waals surface area contributed by atoms with Gasteiger partial charge in [-0.3, -0.25) is 9.59 Å². The van der Waals surface area contributed by atoms with Crippen LogP contribution >= 0.6 is 15.9 Å². The number of carbonyl (C=O) groups excluding carboxylic acids is 2. The summed E-state index contributed by atoms with van der Waals surface area (Å²) >= 11 is 3.50. The topological polar surface area (TPSA) is 67.4 Å². The lowest BCUT2D eigenvalue weighted by atomic mass is 9.86. The van der Waals surface area contributed by atoms with E-state index in [1.54, 1.807) is 12.1 Å². The molecule has 0 aromatic heterocycles. The first kappa shape index (κ1) is 23.3. The molecule has 3 rings (SSSR count). The molecule has 0 saturated heterocycles. The molecule has 1 fully saturated rings. The Morgan fingerprint density at radius 3 is 2.35 bits per heavy atom. The summed E-state index contributed by atoms with van der Waals surface area (Å²) in [5.41, 5.74) is 2.24. The number of rotatable bonds is 6. The quantitative estimate of drug-likeness (QED) is 0.504. The Balaban J connectivity index is 1.58. The van der Waals surface area contributed by atoms with Gasteiger partial charge in [-0.2, -0.15) is 0 Å². The predicted molar refractivity (Wildman–Crippen MR) is 129 cm³/mol. The van der Waals surface area contributed by atoms with E-state index in [1.165, 1.54) is 6.42 Å². The molecule has 31 heavy (non-hydrogen) atoms. The molecule has 0 aliphatic heterocycles. The fourth-order valence-electron chi connectivity index (χ4n) is 3.84. The molecule has 0 spiro atoms. The third-order valence-electron chi connectivity index (χ3n) is 5.50. The maximum absolute atomic E-state index is 12.5. The minimum absolute atomic E-state index is 0.0662. The van der Waals surface area contributed by atoms with Crippen molar-refractivity contribution >= 4 is 39.1 Å². The summed E-state index contributed by atoms with van der Waals surface area (Å²) < 4.78 is 6.80. The van der Waals surface area contributed by atoms with Crippen LogP contribution in [0, 0.1) is 5.92 Å². The lowest BCUT2D eigenvalue weighted by Crippen LogP contribution is -2.25. The van der Waals surface area contributed by atoms with Crippen molar-refractivity contribution in [3.63, 3.8) is 0 Å². The number of anilines is 2. The summed E-state index contributed by atoms with van der Waals surface area (Å²) in [6.07, 6.45) is 5.34. The van der Waals surface area contributed by atoms with Gasteiger partial charge >= 0.3 is 0 Å². The van der Waals surface area contributed by atoms with Gasteiger partial charge in [-0.15, -0.1) is 0 Å². The van der Waals surface area contributed by atoms with Crippen LogP contribution in [-0.4, -0.2) is 18.4 Å². The maximum atomic E-state index is 12.5. The third kappa shape index (κ3) is 6.82. The molecule has 1 aliphatic carbocycles. The second kappa shape index (κ2) is 10.3. The van der Waals surface area contributed by atoms with E-state index in [9.17, 15) is 9.59 Å². The number of nitrogens with one attached hydrogen (secondary N) is 2. The zero-order valence-electron chi connectivity index (χ0n) is 18.5. The first-order valence-electron chi connectivity index (χ1n) is 10.9. The van der Waals surface area contributed by atoms with Gasteiger partial charge in [0.25, 0.3) is 5.91 Å². The molecule has 2 aromatic rings. The van der Waals surface area contributed by atoms with Gasteiger partial charge < -0.3 is 15.4 Å². The molecule has 0 atom stereocenters. The molecule has 5 nitrogen and oxygen atoms in total. The van der Waals surface area contributed by atoms with Crippen molar-refractivity contribution in [2.45, 2.75) is 58.3 Å². The minimum atomic E-state index is -0.251. The molecule has 0 heterocycles. The molecule has 1 aliphatic rings. The standard InChI is InChI=1S/C25H31BrN2O3/c1-25(2,3)21-14-18(26)12-13-22(21)31-16-23(29)27-19-10-7-11-20(15-19)28-24(30)17-8-5-4-6-9-17/h7,10-15,17H,4-6,8-9,16H2,1-3H3,(H,27,29)(H,28,30). The number of hydrogen-bond donors (Lipinski definition) is 2. The molecule has 1 saturated carbocycles. The summed E-state index contributed by atoms with van der Waals surface area (Å²) in [5, 5.41) is 5.84. The Morgan fingerprint density at radius 2 is 1.68 bits per heavy atom. The van der Waals surface area contributed by atoms with E-state index in [0.717, 1.165) is 35.7 Å². The summed E-state index contributed by atoms with van der Waals surface area (Å²) in [4.78, 5) is 24.9. The third-order valence-corrected chi connectivity index (χ3v) is 5.99. The highest BCUT2D eigenvalue weighted by atomic mass is 79.9. The first-order chi connectivity index (χ1) is 14.7. The van der Waals surface area contributed by atoms with Crippen molar-refractivity contribution in [1.29, 1.82) is 0 Å². The van der Waals surface area contributed by atoms with Gasteiger partial charge in [0.15, 0.2) is 6.61 Å². The largest absolute Gasteiger partial charge is 0.483 e. The lowest BCUT2D eigenvalue weighted by molar-refractivity contribution is -0.120. The number of halogens is 1. The fraction of sp³-hybridized carbons (Fsp3) is 0.440. The van der Waals surface area contributed by atoms with E-state index in [0.29, 0.717) is 17.1 Å². The zero-order chi connectivity index (χ0) is 22.4. The van der Waals surface area contributed by atoms with Crippen molar-refractivity contribution in [2.24, 2.45) is 5.92 Å². The van der Waals surface area contributed by atoms with Crippen molar-refractivity contribution in [1.82, 2.24) is 0 Å². The molecular weight excluding hydrogens is 456 g/mol. The van der Waals surface area contributed by atoms with Crippen LogP contribution in [0.15, 0.2) is 46.9 Å². The highest BCUT2D eigenvalue weighted by Gasteiger charge is 2.22. The van der Waals surface area contributed by atoms with Crippen molar-refractivity contribution in [3.05, 3.63) is 52.5 Å². The van der Waals surface area contributed by atoms with E-state index in [1.807, 2.05) is 30.3 Å². The average molecular weight is 487 g/mol. The molecule has 0 unspecified atom stereocenters. The molecule has 0 radical (unpaired) electrons. The first-order valence-corrected chi connectivity index (χ1v) is 11.7. The van der Waals surface area contributed by atoms with Gasteiger partial charge in [0.1, 0.15) is 5.75 Å². The number of benzene rings is 2. The molecule has 2 aromatic carbocycles. The molecular formula is C25H31BrN2O3. The van der Waals surface area contributed by atoms with E-state index in [-0.39, 0.29) is 29.8 Å². The molecule has 0 bridgehead atoms. The van der Waals surface area contributed by atoms with Gasteiger partial charge in [0, 0.05) is 27.3 Å². The molecule has 2 amide bonds. The van der Waals surface area contributed by atoms with Crippen LogP contribution in [0.2, 0.25) is 0 Å². The molecule has 2 N–H and O–H groups in total. The van der Waals surface area contributed by atoms with Gasteiger partial charge in [-0.1, -0.05) is 62.0 Å². The van der Waals surface area contributed by atoms with Gasteiger partial charge in [-0.05, 0) is 54.7 Å². The number of carbonyl (C=O) groups is 2. The van der Waals surface area contributed by atoms with Crippen LogP contribution in [0.5, 0.6) is 5.75 Å². The van der Waals surface area contributed by atoms with Crippen LogP contribution in [0.1, 0.15) is 58.4 Å². The van der Waals surface area contributed by atoms with E-state index in [4.69, 9.17) is 4.74 Å². The SMILES string of the molecule is CC(C)(C)c1cc(Br)ccc1OCC(=O)Nc1cccc(NC(=O)C2CCCCC2)c1. The van der Waals surface area contributed by atoms with Gasteiger partial charge in [-0.25, -0.2) is 0 Å². The Bertz CT molecular complexity index is 931. The van der Waals surface area contributed by atoms with Gasteiger partial charge in [0.05, 0.1) is 0 Å². The summed E-state index contributed by atoms with van der Waals surface area (Å²) in [7, 11) is 0. The fourth-order valence-corrected chi connectivity index (χ4v) is 4.20. The number of ether oxygens (including phenoxy) is 1. The number of hydrogen-bond acceptors (Lipinski definition) is 3. The van der Waals surface area contributed by atoms with Crippen LogP contribution in [-0.2, 0) is 15.0 Å². The van der Waals surface area contributed by atoms with Crippen LogP contribution in [0.4, 0.5) is 11.4 Å². The lowest BCUT2D eigenvalue weighted by Gasteiger charge is -2.23. The molecule has 166 valence electrons. The van der Waals surface area contributed by atoms with Crippen molar-refractivity contribution in [3.8, 4) is 5.75 Å². The van der Waals surface area contributed by atoms with Gasteiger partial charge in [0.2, 0.25) is 5.91 Å². The minimum Gasteiger partial charge on any atom is -0.483 e.